The summed E-state index contributed by atoms with van der Waals surface area (Å²) in [7, 11) is 0. The Balaban J connectivity index is 2.31. The molecule has 0 amide bonds. The van der Waals surface area contributed by atoms with Gasteiger partial charge in [0, 0.05) is 23.3 Å². The Kier molecular flexibility index (Phi) is 2.81. The van der Waals surface area contributed by atoms with Crippen LogP contribution in [0.15, 0.2) is 36.7 Å². The van der Waals surface area contributed by atoms with Crippen molar-refractivity contribution in [3.05, 3.63) is 47.2 Å². The van der Waals surface area contributed by atoms with Crippen LogP contribution in [0.25, 0.3) is 22.2 Å². The van der Waals surface area contributed by atoms with E-state index in [0.717, 1.165) is 16.3 Å². The summed E-state index contributed by atoms with van der Waals surface area (Å²) >= 11 is 11.6. The number of halogens is 2. The van der Waals surface area contributed by atoms with E-state index >= 15 is 0 Å². The zero-order chi connectivity index (χ0) is 12.5. The normalized spacial score (nSPS) is 10.8. The van der Waals surface area contributed by atoms with E-state index in [1.165, 1.54) is 0 Å². The van der Waals surface area contributed by atoms with Crippen LogP contribution < -0.4 is 0 Å². The van der Waals surface area contributed by atoms with Gasteiger partial charge in [0.15, 0.2) is 5.82 Å². The average molecular weight is 277 g/mol. The van der Waals surface area contributed by atoms with Gasteiger partial charge in [0.25, 0.3) is 0 Å². The number of aromatic nitrogens is 4. The first-order chi connectivity index (χ1) is 8.74. The lowest BCUT2D eigenvalue weighted by molar-refractivity contribution is 1.06. The van der Waals surface area contributed by atoms with Gasteiger partial charge >= 0.3 is 0 Å². The van der Waals surface area contributed by atoms with Crippen molar-refractivity contribution < 1.29 is 0 Å². The van der Waals surface area contributed by atoms with Crippen molar-refractivity contribution in [3.63, 3.8) is 0 Å². The summed E-state index contributed by atoms with van der Waals surface area (Å²) in [6.45, 7) is 0. The van der Waals surface area contributed by atoms with E-state index in [-0.39, 0.29) is 10.6 Å². The summed E-state index contributed by atoms with van der Waals surface area (Å²) in [5.74, 6) is 0.443. The molecule has 3 rings (SSSR count). The highest BCUT2D eigenvalue weighted by Gasteiger charge is 2.09. The third kappa shape index (κ3) is 2.00. The second-order valence-electron chi connectivity index (χ2n) is 3.60. The fourth-order valence-electron chi connectivity index (χ4n) is 1.75. The zero-order valence-corrected chi connectivity index (χ0v) is 10.5. The predicted molar refractivity (Wildman–Crippen MR) is 70.6 cm³/mol. The Labute approximate surface area is 113 Å². The summed E-state index contributed by atoms with van der Waals surface area (Å²) in [6, 6.07) is 7.73. The van der Waals surface area contributed by atoms with Gasteiger partial charge in [-0.05, 0) is 34.7 Å². The molecule has 0 fully saturated rings. The molecule has 0 radical (unpaired) electrons. The Bertz CT molecular complexity index is 705. The fraction of sp³-hybridized carbons (Fsp3) is 0. The summed E-state index contributed by atoms with van der Waals surface area (Å²) in [5.41, 5.74) is 0.826. The topological polar surface area (TPSA) is 51.6 Å². The van der Waals surface area contributed by atoms with Crippen molar-refractivity contribution in [2.45, 2.75) is 0 Å². The van der Waals surface area contributed by atoms with Gasteiger partial charge in [-0.25, -0.2) is 0 Å². The minimum absolute atomic E-state index is 0.0749. The first-order valence-corrected chi connectivity index (χ1v) is 5.90. The van der Waals surface area contributed by atoms with Crippen LogP contribution in [-0.2, 0) is 0 Å². The summed E-state index contributed by atoms with van der Waals surface area (Å²) in [6.07, 6.45) is 3.50. The van der Waals surface area contributed by atoms with Crippen LogP contribution in [0.2, 0.25) is 10.6 Å². The molecule has 0 unspecified atom stereocenters. The first-order valence-electron chi connectivity index (χ1n) is 5.14. The van der Waals surface area contributed by atoms with Gasteiger partial charge < -0.3 is 0 Å². The van der Waals surface area contributed by atoms with Gasteiger partial charge in [0.05, 0.1) is 0 Å². The lowest BCUT2D eigenvalue weighted by atomic mass is 10.1. The van der Waals surface area contributed by atoms with Crippen molar-refractivity contribution in [3.8, 4) is 11.4 Å². The standard InChI is InChI=1S/C12H6Cl2N4/c13-11-16-10(17-12(14)18-11)8-3-1-2-7-4-5-15-6-9(7)8/h1-6H. The molecule has 0 aliphatic rings. The van der Waals surface area contributed by atoms with E-state index < -0.39 is 0 Å². The molecule has 0 aliphatic heterocycles. The molecule has 2 aromatic heterocycles. The van der Waals surface area contributed by atoms with E-state index in [1.54, 1.807) is 12.4 Å². The minimum atomic E-state index is 0.0749. The van der Waals surface area contributed by atoms with Gasteiger partial charge in [-0.2, -0.15) is 15.0 Å². The summed E-state index contributed by atoms with van der Waals surface area (Å²) in [5, 5.41) is 2.14. The van der Waals surface area contributed by atoms with E-state index in [9.17, 15) is 0 Å². The SMILES string of the molecule is Clc1nc(Cl)nc(-c2cccc3ccncc23)n1. The van der Waals surface area contributed by atoms with Crippen molar-refractivity contribution in [1.82, 2.24) is 19.9 Å². The van der Waals surface area contributed by atoms with Crippen LogP contribution in [0.3, 0.4) is 0 Å². The number of nitrogens with zero attached hydrogens (tertiary/aromatic N) is 4. The number of fused-ring (bicyclic) bond motifs is 1. The lowest BCUT2D eigenvalue weighted by Crippen LogP contribution is -1.94. The number of rotatable bonds is 1. The van der Waals surface area contributed by atoms with E-state index in [2.05, 4.69) is 19.9 Å². The summed E-state index contributed by atoms with van der Waals surface area (Å²) < 4.78 is 0. The Hall–Kier alpha value is -1.78. The molecule has 18 heavy (non-hydrogen) atoms. The van der Waals surface area contributed by atoms with Gasteiger partial charge in [-0.1, -0.05) is 18.2 Å². The van der Waals surface area contributed by atoms with Crippen molar-refractivity contribution >= 4 is 34.0 Å². The molecule has 3 aromatic rings. The largest absolute Gasteiger partial charge is 0.264 e. The van der Waals surface area contributed by atoms with Gasteiger partial charge in [0.2, 0.25) is 10.6 Å². The van der Waals surface area contributed by atoms with Crippen molar-refractivity contribution in [1.29, 1.82) is 0 Å². The fourth-order valence-corrected chi connectivity index (χ4v) is 2.12. The van der Waals surface area contributed by atoms with E-state index in [0.29, 0.717) is 5.82 Å². The second-order valence-corrected chi connectivity index (χ2v) is 4.28. The molecular formula is C12H6Cl2N4. The molecule has 2 heterocycles. The molecule has 0 N–H and O–H groups in total. The molecule has 4 nitrogen and oxygen atoms in total. The third-order valence-corrected chi connectivity index (χ3v) is 2.84. The van der Waals surface area contributed by atoms with Crippen molar-refractivity contribution in [2.24, 2.45) is 0 Å². The molecule has 0 bridgehead atoms. The first kappa shape index (κ1) is 11.3. The maximum absolute atomic E-state index is 5.79. The number of pyridine rings is 1. The maximum Gasteiger partial charge on any atom is 0.227 e. The van der Waals surface area contributed by atoms with Crippen LogP contribution >= 0.6 is 23.2 Å². The number of hydrogen-bond donors (Lipinski definition) is 0. The van der Waals surface area contributed by atoms with Crippen LogP contribution in [0.4, 0.5) is 0 Å². The third-order valence-electron chi connectivity index (χ3n) is 2.51. The Morgan fingerprint density at radius 2 is 1.67 bits per heavy atom. The molecule has 0 saturated heterocycles. The average Bonchev–Trinajstić information content (AvgIpc) is 2.37. The van der Waals surface area contributed by atoms with Crippen LogP contribution in [0, 0.1) is 0 Å². The Morgan fingerprint density at radius 3 is 2.44 bits per heavy atom. The number of benzene rings is 1. The molecule has 0 atom stereocenters. The molecule has 0 saturated carbocycles. The highest BCUT2D eigenvalue weighted by atomic mass is 35.5. The monoisotopic (exact) mass is 276 g/mol. The maximum atomic E-state index is 5.79. The van der Waals surface area contributed by atoms with Crippen molar-refractivity contribution in [2.75, 3.05) is 0 Å². The van der Waals surface area contributed by atoms with Crippen LogP contribution in [0.5, 0.6) is 0 Å². The molecule has 88 valence electrons. The highest BCUT2D eigenvalue weighted by Crippen LogP contribution is 2.26. The van der Waals surface area contributed by atoms with Gasteiger partial charge in [-0.3, -0.25) is 4.98 Å². The van der Waals surface area contributed by atoms with E-state index in [1.807, 2.05) is 24.3 Å². The molecular weight excluding hydrogens is 271 g/mol. The molecule has 6 heteroatoms. The molecule has 0 aliphatic carbocycles. The van der Waals surface area contributed by atoms with Gasteiger partial charge in [0.1, 0.15) is 0 Å². The summed E-state index contributed by atoms with van der Waals surface area (Å²) in [4.78, 5) is 16.0. The highest BCUT2D eigenvalue weighted by molar-refractivity contribution is 6.31. The smallest absolute Gasteiger partial charge is 0.227 e. The van der Waals surface area contributed by atoms with Gasteiger partial charge in [-0.15, -0.1) is 0 Å². The minimum Gasteiger partial charge on any atom is -0.264 e. The quantitative estimate of drug-likeness (QED) is 0.684. The van der Waals surface area contributed by atoms with Crippen LogP contribution in [-0.4, -0.2) is 19.9 Å². The lowest BCUT2D eigenvalue weighted by Gasteiger charge is -2.04. The predicted octanol–water partition coefficient (Wildman–Crippen LogP) is 3.39. The molecule has 1 aromatic carbocycles. The van der Waals surface area contributed by atoms with Crippen LogP contribution in [0.1, 0.15) is 0 Å². The zero-order valence-electron chi connectivity index (χ0n) is 9.01. The molecule has 0 spiro atoms. The number of hydrogen-bond acceptors (Lipinski definition) is 4. The Morgan fingerprint density at radius 1 is 0.889 bits per heavy atom. The van der Waals surface area contributed by atoms with E-state index in [4.69, 9.17) is 23.2 Å². The second kappa shape index (κ2) is 4.48.